The molecule has 0 spiro atoms. The fraction of sp³-hybridized carbons (Fsp3) is 0.214. The van der Waals surface area contributed by atoms with Crippen LogP contribution in [0.5, 0.6) is 0 Å². The van der Waals surface area contributed by atoms with Gasteiger partial charge in [-0.15, -0.1) is 0 Å². The molecule has 0 radical (unpaired) electrons. The normalized spacial score (nSPS) is 17.0. The quantitative estimate of drug-likeness (QED) is 0.815. The Morgan fingerprint density at radius 3 is 2.90 bits per heavy atom. The van der Waals surface area contributed by atoms with E-state index in [-0.39, 0.29) is 16.7 Å². The summed E-state index contributed by atoms with van der Waals surface area (Å²) in [7, 11) is 0. The molecule has 7 heteroatoms. The highest BCUT2D eigenvalue weighted by atomic mass is 35.5. The van der Waals surface area contributed by atoms with Crippen LogP contribution in [0.4, 0.5) is 14.5 Å². The number of pyridine rings is 2. The van der Waals surface area contributed by atoms with E-state index in [4.69, 9.17) is 11.6 Å². The summed E-state index contributed by atoms with van der Waals surface area (Å²) in [6.45, 7) is 1.70. The number of rotatable bonds is 1. The van der Waals surface area contributed by atoms with Crippen LogP contribution in [0, 0.1) is 0 Å². The average Bonchev–Trinajstić information content (AvgIpc) is 2.55. The van der Waals surface area contributed by atoms with Gasteiger partial charge < -0.3 is 5.32 Å². The van der Waals surface area contributed by atoms with Crippen LogP contribution in [-0.2, 0) is 4.79 Å². The van der Waals surface area contributed by atoms with Crippen molar-refractivity contribution in [1.82, 2.24) is 9.97 Å². The number of fused-ring (bicyclic) bond motifs is 3. The number of amides is 1. The largest absolute Gasteiger partial charge is 0.325 e. The van der Waals surface area contributed by atoms with Gasteiger partial charge in [-0.3, -0.25) is 9.78 Å². The van der Waals surface area contributed by atoms with Crippen molar-refractivity contribution in [3.63, 3.8) is 0 Å². The van der Waals surface area contributed by atoms with Gasteiger partial charge in [-0.05, 0) is 19.1 Å². The van der Waals surface area contributed by atoms with Crippen molar-refractivity contribution in [3.8, 4) is 11.1 Å². The van der Waals surface area contributed by atoms with E-state index in [0.29, 0.717) is 16.8 Å². The second-order valence-corrected chi connectivity index (χ2v) is 5.07. The Hall–Kier alpha value is -2.08. The van der Waals surface area contributed by atoms with Crippen molar-refractivity contribution in [2.45, 2.75) is 19.3 Å². The highest BCUT2D eigenvalue weighted by Gasteiger charge is 2.29. The molecule has 3 heterocycles. The molecule has 0 saturated carbocycles. The number of nitrogens with one attached hydrogen (secondary N) is 1. The molecular formula is C14H10ClF2N3O. The number of aromatic nitrogens is 2. The fourth-order valence-corrected chi connectivity index (χ4v) is 2.64. The van der Waals surface area contributed by atoms with Crippen LogP contribution in [0.2, 0.25) is 5.15 Å². The van der Waals surface area contributed by atoms with E-state index in [0.717, 1.165) is 6.07 Å². The van der Waals surface area contributed by atoms with E-state index in [1.165, 1.54) is 0 Å². The van der Waals surface area contributed by atoms with Crippen LogP contribution in [-0.4, -0.2) is 15.9 Å². The minimum absolute atomic E-state index is 0.0774. The van der Waals surface area contributed by atoms with Crippen molar-refractivity contribution >= 4 is 23.2 Å². The Morgan fingerprint density at radius 2 is 2.19 bits per heavy atom. The molecule has 0 aromatic carbocycles. The maximum atomic E-state index is 12.8. The van der Waals surface area contributed by atoms with E-state index < -0.39 is 18.0 Å². The van der Waals surface area contributed by atoms with Crippen molar-refractivity contribution in [2.24, 2.45) is 0 Å². The minimum atomic E-state index is -2.77. The molecule has 1 aliphatic heterocycles. The number of hydrogen-bond acceptors (Lipinski definition) is 3. The molecule has 108 valence electrons. The summed E-state index contributed by atoms with van der Waals surface area (Å²) in [6, 6.07) is 4.59. The van der Waals surface area contributed by atoms with Crippen molar-refractivity contribution < 1.29 is 13.6 Å². The van der Waals surface area contributed by atoms with Gasteiger partial charge >= 0.3 is 0 Å². The average molecular weight is 310 g/mol. The van der Waals surface area contributed by atoms with E-state index in [1.54, 1.807) is 25.3 Å². The molecule has 1 N–H and O–H groups in total. The van der Waals surface area contributed by atoms with Crippen LogP contribution in [0.25, 0.3) is 11.1 Å². The first-order valence-corrected chi connectivity index (χ1v) is 6.61. The summed E-state index contributed by atoms with van der Waals surface area (Å²) in [5.74, 6) is -0.837. The summed E-state index contributed by atoms with van der Waals surface area (Å²) in [4.78, 5) is 20.1. The highest BCUT2D eigenvalue weighted by Crippen LogP contribution is 2.41. The fourth-order valence-electron chi connectivity index (χ4n) is 2.34. The summed E-state index contributed by atoms with van der Waals surface area (Å²) in [5, 5.41) is 2.54. The first-order chi connectivity index (χ1) is 9.99. The first kappa shape index (κ1) is 13.9. The number of carbonyl (C=O) groups is 1. The van der Waals surface area contributed by atoms with E-state index in [1.807, 2.05) is 0 Å². The molecular weight excluding hydrogens is 300 g/mol. The maximum Gasteiger partial charge on any atom is 0.280 e. The lowest BCUT2D eigenvalue weighted by atomic mass is 9.98. The topological polar surface area (TPSA) is 54.9 Å². The van der Waals surface area contributed by atoms with Gasteiger partial charge in [-0.1, -0.05) is 17.7 Å². The molecule has 1 aliphatic rings. The second kappa shape index (κ2) is 5.04. The van der Waals surface area contributed by atoms with Crippen molar-refractivity contribution in [2.75, 3.05) is 5.32 Å². The molecule has 1 atom stereocenters. The summed E-state index contributed by atoms with van der Waals surface area (Å²) < 4.78 is 25.7. The number of carbonyl (C=O) groups excluding carboxylic acids is 1. The lowest BCUT2D eigenvalue weighted by molar-refractivity contribution is -0.117. The lowest BCUT2D eigenvalue weighted by Gasteiger charge is -2.12. The third-order valence-corrected chi connectivity index (χ3v) is 3.66. The van der Waals surface area contributed by atoms with E-state index in [9.17, 15) is 13.6 Å². The van der Waals surface area contributed by atoms with Gasteiger partial charge in [-0.2, -0.15) is 0 Å². The molecule has 1 amide bonds. The molecule has 0 aliphatic carbocycles. The predicted molar refractivity (Wildman–Crippen MR) is 74.5 cm³/mol. The number of nitrogens with zero attached hydrogens (tertiary/aromatic N) is 2. The minimum Gasteiger partial charge on any atom is -0.325 e. The molecule has 0 bridgehead atoms. The molecule has 3 rings (SSSR count). The van der Waals surface area contributed by atoms with Crippen LogP contribution in [0.3, 0.4) is 0 Å². The zero-order chi connectivity index (χ0) is 15.1. The Bertz CT molecular complexity index is 736. The first-order valence-electron chi connectivity index (χ1n) is 6.23. The lowest BCUT2D eigenvalue weighted by Crippen LogP contribution is -2.18. The molecule has 0 fully saturated rings. The molecule has 0 saturated heterocycles. The zero-order valence-corrected chi connectivity index (χ0v) is 11.7. The summed E-state index contributed by atoms with van der Waals surface area (Å²) >= 11 is 6.06. The maximum absolute atomic E-state index is 12.8. The third-order valence-electron chi connectivity index (χ3n) is 3.39. The smallest absolute Gasteiger partial charge is 0.280 e. The third kappa shape index (κ3) is 2.25. The monoisotopic (exact) mass is 309 g/mol. The van der Waals surface area contributed by atoms with Crippen LogP contribution < -0.4 is 5.32 Å². The second-order valence-electron chi connectivity index (χ2n) is 4.71. The van der Waals surface area contributed by atoms with Gasteiger partial charge in [0, 0.05) is 17.3 Å². The van der Waals surface area contributed by atoms with Gasteiger partial charge in [-0.25, -0.2) is 13.8 Å². The number of anilines is 1. The molecule has 2 aromatic rings. The van der Waals surface area contributed by atoms with Crippen molar-refractivity contribution in [1.29, 1.82) is 0 Å². The molecule has 4 nitrogen and oxygen atoms in total. The predicted octanol–water partition coefficient (Wildman–Crippen LogP) is 3.79. The number of halogens is 3. The Morgan fingerprint density at radius 1 is 1.43 bits per heavy atom. The van der Waals surface area contributed by atoms with Gasteiger partial charge in [0.2, 0.25) is 5.91 Å². The molecule has 21 heavy (non-hydrogen) atoms. The Kier molecular flexibility index (Phi) is 3.33. The van der Waals surface area contributed by atoms with Gasteiger partial charge in [0.1, 0.15) is 10.8 Å². The number of alkyl halides is 2. The zero-order valence-electron chi connectivity index (χ0n) is 10.9. The Balaban J connectivity index is 2.32. The summed E-state index contributed by atoms with van der Waals surface area (Å²) in [6.07, 6.45) is -1.19. The van der Waals surface area contributed by atoms with Crippen LogP contribution in [0.1, 0.15) is 30.7 Å². The van der Waals surface area contributed by atoms with Gasteiger partial charge in [0.25, 0.3) is 6.43 Å². The molecule has 1 unspecified atom stereocenters. The molecule has 2 aromatic heterocycles. The van der Waals surface area contributed by atoms with Crippen LogP contribution in [0.15, 0.2) is 24.4 Å². The standard InChI is InChI=1S/C14H10ClF2N3O/c1-6-11-7(3-2-4-18-11)10-8(20-14(6)21)5-9(13(16)17)19-12(10)15/h2-6,13H,1H3,(H,20,21). The van der Waals surface area contributed by atoms with E-state index in [2.05, 4.69) is 15.3 Å². The van der Waals surface area contributed by atoms with E-state index >= 15 is 0 Å². The van der Waals surface area contributed by atoms with Gasteiger partial charge in [0.15, 0.2) is 0 Å². The SMILES string of the molecule is CC1C(=O)Nc2cc(C(F)F)nc(Cl)c2-c2cccnc21. The van der Waals surface area contributed by atoms with Crippen molar-refractivity contribution in [3.05, 3.63) is 40.9 Å². The van der Waals surface area contributed by atoms with Crippen LogP contribution >= 0.6 is 11.6 Å². The number of hydrogen-bond donors (Lipinski definition) is 1. The highest BCUT2D eigenvalue weighted by molar-refractivity contribution is 6.33. The Labute approximate surface area is 124 Å². The van der Waals surface area contributed by atoms with Gasteiger partial charge in [0.05, 0.1) is 17.3 Å². The summed E-state index contributed by atoms with van der Waals surface area (Å²) in [5.41, 5.74) is 1.34.